The van der Waals surface area contributed by atoms with E-state index in [9.17, 15) is 10.2 Å². The highest BCUT2D eigenvalue weighted by Gasteiger charge is 2.20. The van der Waals surface area contributed by atoms with Gasteiger partial charge in [0.15, 0.2) is 0 Å². The standard InChI is InChI=1S/C27H37ClN2O4.C2H6/c1-20-23(6-2-8-25(20)33-16-4-12-29-14-10-21(31)18-29)24-7-3-9-26(27(24)28)34-17-5-13-30-15-11-22(32)19-30;1-2/h2-3,6-9,21-22,31-32H,4-5,10-19H2,1H3;1-2H3. The first kappa shape index (κ1) is 28.7. The molecule has 2 atom stereocenters. The molecule has 2 aromatic carbocycles. The number of aliphatic hydroxyl groups is 2. The molecule has 0 saturated carbocycles. The molecule has 7 heteroatoms. The molecular formula is C29H43ClN2O4. The SMILES string of the molecule is CC.Cc1c(OCCCN2CCC(O)C2)cccc1-c1cccc(OCCCN2CCC(O)C2)c1Cl. The third-order valence-corrected chi connectivity index (χ3v) is 7.17. The van der Waals surface area contributed by atoms with Gasteiger partial charge in [0, 0.05) is 44.8 Å². The van der Waals surface area contributed by atoms with Crippen molar-refractivity contribution in [2.45, 2.75) is 58.7 Å². The average molecular weight is 519 g/mol. The van der Waals surface area contributed by atoms with Crippen LogP contribution in [-0.4, -0.2) is 84.7 Å². The summed E-state index contributed by atoms with van der Waals surface area (Å²) >= 11 is 6.77. The normalized spacial score (nSPS) is 20.3. The van der Waals surface area contributed by atoms with Crippen LogP contribution in [0, 0.1) is 6.92 Å². The van der Waals surface area contributed by atoms with Crippen LogP contribution in [0.2, 0.25) is 5.02 Å². The van der Waals surface area contributed by atoms with Gasteiger partial charge in [-0.1, -0.05) is 49.7 Å². The molecule has 2 aliphatic rings. The van der Waals surface area contributed by atoms with Gasteiger partial charge >= 0.3 is 0 Å². The lowest BCUT2D eigenvalue weighted by Gasteiger charge is -2.18. The van der Waals surface area contributed by atoms with Crippen molar-refractivity contribution in [3.05, 3.63) is 47.0 Å². The van der Waals surface area contributed by atoms with Gasteiger partial charge in [-0.25, -0.2) is 0 Å². The molecule has 0 aliphatic carbocycles. The molecule has 0 radical (unpaired) electrons. The van der Waals surface area contributed by atoms with E-state index in [4.69, 9.17) is 21.1 Å². The zero-order valence-electron chi connectivity index (χ0n) is 22.1. The number of ether oxygens (including phenoxy) is 2. The number of nitrogens with zero attached hydrogens (tertiary/aromatic N) is 2. The number of rotatable bonds is 11. The third-order valence-electron chi connectivity index (χ3n) is 6.79. The van der Waals surface area contributed by atoms with Crippen molar-refractivity contribution >= 4 is 11.6 Å². The van der Waals surface area contributed by atoms with Crippen LogP contribution in [0.3, 0.4) is 0 Å². The van der Waals surface area contributed by atoms with Gasteiger partial charge in [0.05, 0.1) is 30.4 Å². The van der Waals surface area contributed by atoms with Crippen LogP contribution >= 0.6 is 11.6 Å². The van der Waals surface area contributed by atoms with Crippen LogP contribution in [0.4, 0.5) is 0 Å². The lowest BCUT2D eigenvalue weighted by molar-refractivity contribution is 0.172. The van der Waals surface area contributed by atoms with Crippen molar-refractivity contribution in [3.63, 3.8) is 0 Å². The molecule has 2 heterocycles. The Bertz CT molecular complexity index is 866. The van der Waals surface area contributed by atoms with Gasteiger partial charge in [0.2, 0.25) is 0 Å². The molecule has 36 heavy (non-hydrogen) atoms. The Morgan fingerprint density at radius 2 is 1.31 bits per heavy atom. The zero-order valence-corrected chi connectivity index (χ0v) is 22.8. The van der Waals surface area contributed by atoms with Gasteiger partial charge in [-0.05, 0) is 55.9 Å². The van der Waals surface area contributed by atoms with Gasteiger partial charge in [-0.2, -0.15) is 0 Å². The molecule has 2 fully saturated rings. The Hall–Kier alpha value is -1.83. The summed E-state index contributed by atoms with van der Waals surface area (Å²) in [5, 5.41) is 19.9. The Labute approximate surface area is 221 Å². The summed E-state index contributed by atoms with van der Waals surface area (Å²) in [4.78, 5) is 4.56. The number of β-amino-alcohol motifs (C(OH)–C–C–N with tert-alkyl or cyclic N) is 2. The minimum atomic E-state index is -0.186. The van der Waals surface area contributed by atoms with E-state index in [-0.39, 0.29) is 12.2 Å². The summed E-state index contributed by atoms with van der Waals surface area (Å²) in [6.07, 6.45) is 3.19. The van der Waals surface area contributed by atoms with Crippen molar-refractivity contribution in [2.24, 2.45) is 0 Å². The first-order valence-corrected chi connectivity index (χ1v) is 13.8. The Morgan fingerprint density at radius 3 is 1.83 bits per heavy atom. The van der Waals surface area contributed by atoms with Crippen LogP contribution in [0.5, 0.6) is 11.5 Å². The van der Waals surface area contributed by atoms with Gasteiger partial charge in [0.25, 0.3) is 0 Å². The maximum Gasteiger partial charge on any atom is 0.138 e. The largest absolute Gasteiger partial charge is 0.493 e. The van der Waals surface area contributed by atoms with E-state index >= 15 is 0 Å². The second kappa shape index (κ2) is 14.8. The predicted octanol–water partition coefficient (Wildman–Crippen LogP) is 5.01. The van der Waals surface area contributed by atoms with Crippen molar-refractivity contribution in [1.82, 2.24) is 9.80 Å². The number of likely N-dealkylation sites (tertiary alicyclic amines) is 2. The van der Waals surface area contributed by atoms with Crippen LogP contribution in [0.25, 0.3) is 11.1 Å². The Morgan fingerprint density at radius 1 is 0.806 bits per heavy atom. The van der Waals surface area contributed by atoms with E-state index in [1.54, 1.807) is 0 Å². The monoisotopic (exact) mass is 518 g/mol. The molecule has 2 aromatic rings. The first-order valence-electron chi connectivity index (χ1n) is 13.5. The molecule has 0 bridgehead atoms. The van der Waals surface area contributed by atoms with Crippen molar-refractivity contribution in [1.29, 1.82) is 0 Å². The van der Waals surface area contributed by atoms with Crippen LogP contribution in [-0.2, 0) is 0 Å². The number of hydrogen-bond acceptors (Lipinski definition) is 6. The highest BCUT2D eigenvalue weighted by atomic mass is 35.5. The fourth-order valence-corrected chi connectivity index (χ4v) is 5.15. The summed E-state index contributed by atoms with van der Waals surface area (Å²) < 4.78 is 12.1. The van der Waals surface area contributed by atoms with Gasteiger partial charge in [-0.3, -0.25) is 0 Å². The van der Waals surface area contributed by atoms with E-state index in [0.29, 0.717) is 24.0 Å². The smallest absolute Gasteiger partial charge is 0.138 e. The molecule has 0 amide bonds. The Kier molecular flexibility index (Phi) is 11.8. The maximum atomic E-state index is 9.66. The first-order chi connectivity index (χ1) is 17.5. The fraction of sp³-hybridized carbons (Fsp3) is 0.586. The van der Waals surface area contributed by atoms with Crippen molar-refractivity contribution in [2.75, 3.05) is 52.5 Å². The van der Waals surface area contributed by atoms with Gasteiger partial charge < -0.3 is 29.5 Å². The number of benzene rings is 2. The molecule has 4 rings (SSSR count). The zero-order chi connectivity index (χ0) is 25.9. The van der Waals surface area contributed by atoms with E-state index < -0.39 is 0 Å². The molecule has 0 aromatic heterocycles. The number of halogens is 1. The third kappa shape index (κ3) is 8.09. The maximum absolute atomic E-state index is 9.66. The van der Waals surface area contributed by atoms with Crippen molar-refractivity contribution in [3.8, 4) is 22.6 Å². The molecule has 2 saturated heterocycles. The van der Waals surface area contributed by atoms with E-state index in [0.717, 1.165) is 87.4 Å². The second-order valence-corrected chi connectivity index (χ2v) is 9.81. The lowest BCUT2D eigenvalue weighted by atomic mass is 9.99. The van der Waals surface area contributed by atoms with Gasteiger partial charge in [-0.15, -0.1) is 0 Å². The lowest BCUT2D eigenvalue weighted by Crippen LogP contribution is -2.24. The molecule has 2 unspecified atom stereocenters. The molecule has 0 spiro atoms. The highest BCUT2D eigenvalue weighted by molar-refractivity contribution is 6.34. The quantitative estimate of drug-likeness (QED) is 0.407. The summed E-state index contributed by atoms with van der Waals surface area (Å²) in [5.41, 5.74) is 3.04. The van der Waals surface area contributed by atoms with E-state index in [1.807, 2.05) is 44.2 Å². The van der Waals surface area contributed by atoms with Crippen LogP contribution in [0.1, 0.15) is 45.1 Å². The molecule has 6 nitrogen and oxygen atoms in total. The van der Waals surface area contributed by atoms with E-state index in [2.05, 4.69) is 22.8 Å². The topological polar surface area (TPSA) is 65.4 Å². The number of hydrogen-bond donors (Lipinski definition) is 2. The summed E-state index contributed by atoms with van der Waals surface area (Å²) in [6, 6.07) is 12.0. The molecule has 200 valence electrons. The average Bonchev–Trinajstić information content (AvgIpc) is 3.50. The molecule has 2 N–H and O–H groups in total. The highest BCUT2D eigenvalue weighted by Crippen LogP contribution is 2.39. The van der Waals surface area contributed by atoms with Crippen molar-refractivity contribution < 1.29 is 19.7 Å². The summed E-state index contributed by atoms with van der Waals surface area (Å²) in [7, 11) is 0. The van der Waals surface area contributed by atoms with Gasteiger partial charge in [0.1, 0.15) is 11.5 Å². The fourth-order valence-electron chi connectivity index (χ4n) is 4.86. The van der Waals surface area contributed by atoms with E-state index in [1.165, 1.54) is 0 Å². The van der Waals surface area contributed by atoms with Crippen LogP contribution < -0.4 is 9.47 Å². The summed E-state index contributed by atoms with van der Waals surface area (Å²) in [5.74, 6) is 1.56. The summed E-state index contributed by atoms with van der Waals surface area (Å²) in [6.45, 7) is 12.6. The number of aliphatic hydroxyl groups excluding tert-OH is 2. The predicted molar refractivity (Wildman–Crippen MR) is 147 cm³/mol. The Balaban J connectivity index is 0.00000176. The minimum Gasteiger partial charge on any atom is -0.493 e. The minimum absolute atomic E-state index is 0.177. The molecular weight excluding hydrogens is 476 g/mol. The van der Waals surface area contributed by atoms with Crippen LogP contribution in [0.15, 0.2) is 36.4 Å². The second-order valence-electron chi connectivity index (χ2n) is 9.44. The molecule has 2 aliphatic heterocycles.